The van der Waals surface area contributed by atoms with Gasteiger partial charge in [0.25, 0.3) is 0 Å². The third kappa shape index (κ3) is 3.71. The van der Waals surface area contributed by atoms with Crippen molar-refractivity contribution in [3.8, 4) is 11.5 Å². The number of carbonyl (C=O) groups excluding carboxylic acids is 1. The van der Waals surface area contributed by atoms with Gasteiger partial charge < -0.3 is 23.6 Å². The molecule has 7 heteroatoms. The number of fused-ring (bicyclic) bond motifs is 3. The summed E-state index contributed by atoms with van der Waals surface area (Å²) in [5.74, 6) is 1.09. The largest absolute Gasteiger partial charge is 0.464 e. The Kier molecular flexibility index (Phi) is 5.15. The van der Waals surface area contributed by atoms with Crippen molar-refractivity contribution in [3.05, 3.63) is 68.8 Å². The average molecular weight is 462 g/mol. The van der Waals surface area contributed by atoms with Crippen molar-refractivity contribution in [1.82, 2.24) is 5.32 Å². The number of amides is 1. The average Bonchev–Trinajstić information content (AvgIpc) is 3.42. The first-order valence-corrected chi connectivity index (χ1v) is 11.3. The lowest BCUT2D eigenvalue weighted by atomic mass is 9.86. The van der Waals surface area contributed by atoms with Gasteiger partial charge in [0, 0.05) is 28.4 Å². The zero-order chi connectivity index (χ0) is 24.2. The summed E-state index contributed by atoms with van der Waals surface area (Å²) in [6.45, 7) is 10.7. The Balaban J connectivity index is 1.45. The molecule has 2 aromatic heterocycles. The van der Waals surface area contributed by atoms with E-state index in [2.05, 4.69) is 26.1 Å². The summed E-state index contributed by atoms with van der Waals surface area (Å²) in [7, 11) is 0. The molecule has 1 aliphatic rings. The van der Waals surface area contributed by atoms with Crippen LogP contribution < -0.4 is 20.4 Å². The quantitative estimate of drug-likeness (QED) is 0.428. The fourth-order valence-electron chi connectivity index (χ4n) is 4.46. The van der Waals surface area contributed by atoms with Crippen LogP contribution in [-0.4, -0.2) is 12.7 Å². The SMILES string of the molecule is Cc1c(CC(=O)NCc2ccc3c(c2)OCO3)c(=O)oc2c(C)c3occ(C(C)(C)C)c3cc12. The van der Waals surface area contributed by atoms with Gasteiger partial charge in [-0.3, -0.25) is 4.79 Å². The highest BCUT2D eigenvalue weighted by Gasteiger charge is 2.24. The van der Waals surface area contributed by atoms with E-state index in [0.717, 1.165) is 33.0 Å². The Morgan fingerprint density at radius 2 is 1.76 bits per heavy atom. The summed E-state index contributed by atoms with van der Waals surface area (Å²) in [6, 6.07) is 7.53. The lowest BCUT2D eigenvalue weighted by Crippen LogP contribution is -2.27. The maximum atomic E-state index is 12.8. The molecule has 1 N–H and O–H groups in total. The van der Waals surface area contributed by atoms with Crippen molar-refractivity contribution >= 4 is 27.8 Å². The summed E-state index contributed by atoms with van der Waals surface area (Å²) in [5.41, 5.74) is 4.45. The molecule has 0 atom stereocenters. The fourth-order valence-corrected chi connectivity index (χ4v) is 4.46. The van der Waals surface area contributed by atoms with Crippen LogP contribution in [0.3, 0.4) is 0 Å². The van der Waals surface area contributed by atoms with Gasteiger partial charge in [-0.15, -0.1) is 0 Å². The summed E-state index contributed by atoms with van der Waals surface area (Å²) in [4.78, 5) is 25.6. The van der Waals surface area contributed by atoms with Gasteiger partial charge in [-0.05, 0) is 48.6 Å². The highest BCUT2D eigenvalue weighted by Crippen LogP contribution is 2.37. The zero-order valence-corrected chi connectivity index (χ0v) is 20.0. The molecule has 0 unspecified atom stereocenters. The van der Waals surface area contributed by atoms with Gasteiger partial charge in [0.1, 0.15) is 11.2 Å². The van der Waals surface area contributed by atoms with E-state index in [4.69, 9.17) is 18.3 Å². The van der Waals surface area contributed by atoms with Crippen molar-refractivity contribution in [2.75, 3.05) is 6.79 Å². The molecule has 176 valence electrons. The predicted molar refractivity (Wildman–Crippen MR) is 129 cm³/mol. The van der Waals surface area contributed by atoms with Gasteiger partial charge in [-0.2, -0.15) is 0 Å². The van der Waals surface area contributed by atoms with Gasteiger partial charge in [0.15, 0.2) is 11.5 Å². The van der Waals surface area contributed by atoms with Crippen LogP contribution >= 0.6 is 0 Å². The second kappa shape index (κ2) is 7.94. The minimum absolute atomic E-state index is 0.0662. The van der Waals surface area contributed by atoms with Crippen LogP contribution in [0.1, 0.15) is 48.6 Å². The van der Waals surface area contributed by atoms with E-state index >= 15 is 0 Å². The number of rotatable bonds is 4. The third-order valence-corrected chi connectivity index (χ3v) is 6.41. The molecule has 0 aliphatic carbocycles. The Labute approximate surface area is 196 Å². The van der Waals surface area contributed by atoms with Crippen molar-refractivity contribution in [1.29, 1.82) is 0 Å². The number of ether oxygens (including phenoxy) is 2. The lowest BCUT2D eigenvalue weighted by Gasteiger charge is -2.17. The van der Waals surface area contributed by atoms with Crippen LogP contribution in [-0.2, 0) is 23.2 Å². The molecule has 0 fully saturated rings. The fraction of sp³-hybridized carbons (Fsp3) is 0.333. The number of benzene rings is 2. The summed E-state index contributed by atoms with van der Waals surface area (Å²) >= 11 is 0. The predicted octanol–water partition coefficient (Wildman–Crippen LogP) is 5.04. The molecule has 5 rings (SSSR count). The van der Waals surface area contributed by atoms with E-state index in [-0.39, 0.29) is 24.5 Å². The van der Waals surface area contributed by atoms with Crippen molar-refractivity contribution in [2.45, 2.75) is 53.0 Å². The smallest absolute Gasteiger partial charge is 0.340 e. The van der Waals surface area contributed by atoms with Crippen molar-refractivity contribution in [2.24, 2.45) is 0 Å². The molecule has 0 saturated carbocycles. The van der Waals surface area contributed by atoms with Crippen LogP contribution in [0, 0.1) is 13.8 Å². The van der Waals surface area contributed by atoms with E-state index in [1.165, 1.54) is 0 Å². The number of nitrogens with one attached hydrogen (secondary N) is 1. The minimum atomic E-state index is -0.506. The maximum absolute atomic E-state index is 12.8. The molecule has 7 nitrogen and oxygen atoms in total. The summed E-state index contributed by atoms with van der Waals surface area (Å²) in [5, 5.41) is 4.68. The molecule has 0 bridgehead atoms. The van der Waals surface area contributed by atoms with Gasteiger partial charge in [0.05, 0.1) is 18.2 Å². The molecule has 34 heavy (non-hydrogen) atoms. The van der Waals surface area contributed by atoms with Gasteiger partial charge in [-0.1, -0.05) is 26.8 Å². The van der Waals surface area contributed by atoms with E-state index in [0.29, 0.717) is 34.8 Å². The minimum Gasteiger partial charge on any atom is -0.464 e. The van der Waals surface area contributed by atoms with Crippen LogP contribution in [0.15, 0.2) is 44.2 Å². The molecule has 0 radical (unpaired) electrons. The summed E-state index contributed by atoms with van der Waals surface area (Å²) < 4.78 is 22.2. The molecule has 3 heterocycles. The highest BCUT2D eigenvalue weighted by atomic mass is 16.7. The molecule has 4 aromatic rings. The zero-order valence-electron chi connectivity index (χ0n) is 20.0. The van der Waals surface area contributed by atoms with E-state index < -0.39 is 5.63 Å². The molecule has 0 saturated heterocycles. The Hall–Kier alpha value is -3.74. The Bertz CT molecular complexity index is 1500. The molecule has 0 spiro atoms. The van der Waals surface area contributed by atoms with Crippen LogP contribution in [0.2, 0.25) is 0 Å². The number of aryl methyl sites for hydroxylation is 2. The van der Waals surface area contributed by atoms with Crippen LogP contribution in [0.4, 0.5) is 0 Å². The van der Waals surface area contributed by atoms with Gasteiger partial charge in [0.2, 0.25) is 12.7 Å². The number of furan rings is 1. The highest BCUT2D eigenvalue weighted by molar-refractivity contribution is 6.00. The van der Waals surface area contributed by atoms with E-state index in [9.17, 15) is 9.59 Å². The second-order valence-corrected chi connectivity index (χ2v) is 9.79. The van der Waals surface area contributed by atoms with E-state index in [1.807, 2.05) is 38.1 Å². The Morgan fingerprint density at radius 1 is 1.00 bits per heavy atom. The summed E-state index contributed by atoms with van der Waals surface area (Å²) in [6.07, 6.45) is 1.71. The monoisotopic (exact) mass is 461 g/mol. The standard InChI is InChI=1S/C27H27NO6/c1-14-17-9-19-20(27(3,4)5)12-31-24(19)15(2)25(17)34-26(30)18(14)10-23(29)28-11-16-6-7-21-22(8-16)33-13-32-21/h6-9,12H,10-11,13H2,1-5H3,(H,28,29). The van der Waals surface area contributed by atoms with Crippen molar-refractivity contribution < 1.29 is 23.1 Å². The van der Waals surface area contributed by atoms with E-state index in [1.54, 1.807) is 6.26 Å². The molecule has 1 amide bonds. The number of carbonyl (C=O) groups is 1. The lowest BCUT2D eigenvalue weighted by molar-refractivity contribution is -0.120. The Morgan fingerprint density at radius 3 is 2.53 bits per heavy atom. The number of hydrogen-bond acceptors (Lipinski definition) is 6. The molecule has 2 aromatic carbocycles. The number of hydrogen-bond donors (Lipinski definition) is 1. The van der Waals surface area contributed by atoms with Gasteiger partial charge >= 0.3 is 5.63 Å². The third-order valence-electron chi connectivity index (χ3n) is 6.41. The van der Waals surface area contributed by atoms with Crippen LogP contribution in [0.25, 0.3) is 21.9 Å². The van der Waals surface area contributed by atoms with Crippen molar-refractivity contribution in [3.63, 3.8) is 0 Å². The molecule has 1 aliphatic heterocycles. The topological polar surface area (TPSA) is 90.9 Å². The first-order valence-electron chi connectivity index (χ1n) is 11.3. The molecular formula is C27H27NO6. The molecular weight excluding hydrogens is 434 g/mol. The van der Waals surface area contributed by atoms with Crippen LogP contribution in [0.5, 0.6) is 11.5 Å². The second-order valence-electron chi connectivity index (χ2n) is 9.79. The normalized spacial score (nSPS) is 13.1. The first-order chi connectivity index (χ1) is 16.1. The first kappa shape index (κ1) is 22.1. The van der Waals surface area contributed by atoms with Gasteiger partial charge in [-0.25, -0.2) is 4.79 Å². The maximum Gasteiger partial charge on any atom is 0.340 e.